The first-order valence-corrected chi connectivity index (χ1v) is 16.4. The molecule has 2 aromatic carbocycles. The number of anilines is 3. The smallest absolute Gasteiger partial charge is 0.230 e. The minimum Gasteiger partial charge on any atom is -0.494 e. The van der Waals surface area contributed by atoms with Crippen molar-refractivity contribution in [3.8, 4) is 5.75 Å². The first-order valence-electron chi connectivity index (χ1n) is 14.6. The van der Waals surface area contributed by atoms with Crippen molar-refractivity contribution >= 4 is 57.3 Å². The van der Waals surface area contributed by atoms with E-state index in [0.717, 1.165) is 47.1 Å². The van der Waals surface area contributed by atoms with Crippen LogP contribution in [-0.2, 0) is 20.7 Å². The zero-order valence-corrected chi connectivity index (χ0v) is 26.7. The third-order valence-electron chi connectivity index (χ3n) is 6.84. The summed E-state index contributed by atoms with van der Waals surface area (Å²) in [6.45, 7) is 7.78. The lowest BCUT2D eigenvalue weighted by molar-refractivity contribution is -0.116. The molecule has 0 fully saturated rings. The summed E-state index contributed by atoms with van der Waals surface area (Å²) < 4.78 is 12.8. The molecule has 230 valence electrons. The summed E-state index contributed by atoms with van der Waals surface area (Å²) in [5, 5.41) is 6.33. The summed E-state index contributed by atoms with van der Waals surface area (Å²) in [7, 11) is 0. The van der Waals surface area contributed by atoms with E-state index in [0.29, 0.717) is 41.8 Å². The van der Waals surface area contributed by atoms with Crippen molar-refractivity contribution in [2.24, 2.45) is 10.4 Å². The Morgan fingerprint density at radius 3 is 2.56 bits per heavy atom. The van der Waals surface area contributed by atoms with Crippen molar-refractivity contribution in [2.45, 2.75) is 69.6 Å². The molecule has 1 unspecified atom stereocenters. The Bertz CT molecular complexity index is 1380. The topological polar surface area (TPSA) is 128 Å². The number of hydrogen-bond acceptors (Lipinski definition) is 9. The SMILES string of the molecule is CC(C)(C)C1CN=C(CSc2cnc(NC(=O)Cc3ccc(OCCCCCCC(=O)Nc4ccccc4N)cc3)s2)O1. The second-order valence-electron chi connectivity index (χ2n) is 11.5. The number of amides is 2. The Labute approximate surface area is 262 Å². The van der Waals surface area contributed by atoms with Gasteiger partial charge in [0, 0.05) is 11.8 Å². The predicted molar refractivity (Wildman–Crippen MR) is 176 cm³/mol. The predicted octanol–water partition coefficient (Wildman–Crippen LogP) is 6.81. The number of unbranched alkanes of at least 4 members (excludes halogenated alkanes) is 3. The van der Waals surface area contributed by atoms with Gasteiger partial charge in [-0.15, -0.1) is 11.8 Å². The minimum atomic E-state index is -0.114. The van der Waals surface area contributed by atoms with Gasteiger partial charge in [0.2, 0.25) is 11.8 Å². The molecule has 0 spiro atoms. The van der Waals surface area contributed by atoms with Crippen LogP contribution < -0.4 is 21.1 Å². The molecule has 4 rings (SSSR count). The molecule has 2 amide bonds. The van der Waals surface area contributed by atoms with E-state index in [4.69, 9.17) is 15.2 Å². The average Bonchev–Trinajstić information content (AvgIpc) is 3.63. The first kappa shape index (κ1) is 32.3. The number of thiazole rings is 1. The van der Waals surface area contributed by atoms with Crippen molar-refractivity contribution < 1.29 is 19.1 Å². The summed E-state index contributed by atoms with van der Waals surface area (Å²) in [4.78, 5) is 33.5. The van der Waals surface area contributed by atoms with Gasteiger partial charge in [0.1, 0.15) is 11.9 Å². The van der Waals surface area contributed by atoms with E-state index in [1.807, 2.05) is 36.4 Å². The van der Waals surface area contributed by atoms with Crippen LogP contribution in [0.25, 0.3) is 0 Å². The number of ether oxygens (including phenoxy) is 2. The zero-order chi connectivity index (χ0) is 30.7. The summed E-state index contributed by atoms with van der Waals surface area (Å²) in [6, 6.07) is 14.8. The first-order chi connectivity index (χ1) is 20.7. The second-order valence-corrected chi connectivity index (χ2v) is 13.8. The molecule has 1 aliphatic rings. The molecule has 0 saturated carbocycles. The number of thioether (sulfide) groups is 1. The Balaban J connectivity index is 1.06. The van der Waals surface area contributed by atoms with Gasteiger partial charge in [0.25, 0.3) is 0 Å². The van der Waals surface area contributed by atoms with Gasteiger partial charge in [0.15, 0.2) is 11.0 Å². The number of benzene rings is 2. The van der Waals surface area contributed by atoms with Gasteiger partial charge in [-0.1, -0.05) is 69.2 Å². The lowest BCUT2D eigenvalue weighted by Gasteiger charge is -2.25. The fraction of sp³-hybridized carbons (Fsp3) is 0.438. The molecule has 4 N–H and O–H groups in total. The number of nitrogens with one attached hydrogen (secondary N) is 2. The fourth-order valence-corrected chi connectivity index (χ4v) is 6.05. The van der Waals surface area contributed by atoms with E-state index in [-0.39, 0.29) is 29.8 Å². The molecule has 0 aliphatic carbocycles. The van der Waals surface area contributed by atoms with Gasteiger partial charge in [-0.25, -0.2) is 4.98 Å². The van der Waals surface area contributed by atoms with E-state index < -0.39 is 0 Å². The molecule has 3 aromatic rings. The van der Waals surface area contributed by atoms with Crippen molar-refractivity contribution in [3.63, 3.8) is 0 Å². The largest absolute Gasteiger partial charge is 0.494 e. The molecule has 0 bridgehead atoms. The lowest BCUT2D eigenvalue weighted by atomic mass is 9.89. The molecule has 0 radical (unpaired) electrons. The van der Waals surface area contributed by atoms with Crippen molar-refractivity contribution in [1.29, 1.82) is 0 Å². The van der Waals surface area contributed by atoms with Crippen LogP contribution in [0, 0.1) is 5.41 Å². The van der Waals surface area contributed by atoms with Gasteiger partial charge in [-0.2, -0.15) is 0 Å². The Morgan fingerprint density at radius 1 is 1.05 bits per heavy atom. The standard InChI is InChI=1S/C32H41N5O4S2/c1-32(2,3)26-19-34-29(41-26)21-42-30-20-35-31(43-30)37-28(39)18-22-13-15-23(16-14-22)40-17-9-5-4-6-12-27(38)36-25-11-8-7-10-24(25)33/h7-8,10-11,13-16,20,26H,4-6,9,12,17-19,21,33H2,1-3H3,(H,36,38)(H,35,37,39). The number of nitrogens with two attached hydrogens (primary N) is 1. The van der Waals surface area contributed by atoms with E-state index in [2.05, 4.69) is 41.4 Å². The Morgan fingerprint density at radius 2 is 1.81 bits per heavy atom. The lowest BCUT2D eigenvalue weighted by Crippen LogP contribution is -2.29. The monoisotopic (exact) mass is 623 g/mol. The minimum absolute atomic E-state index is 0.0198. The zero-order valence-electron chi connectivity index (χ0n) is 25.1. The maximum atomic E-state index is 12.6. The van der Waals surface area contributed by atoms with E-state index >= 15 is 0 Å². The van der Waals surface area contributed by atoms with Crippen LogP contribution in [0.15, 0.2) is 63.9 Å². The molecule has 2 heterocycles. The maximum absolute atomic E-state index is 12.6. The average molecular weight is 624 g/mol. The van der Waals surface area contributed by atoms with Crippen LogP contribution in [0.5, 0.6) is 5.75 Å². The molecule has 11 heteroatoms. The number of aromatic nitrogens is 1. The molecular formula is C32H41N5O4S2. The highest BCUT2D eigenvalue weighted by atomic mass is 32.2. The van der Waals surface area contributed by atoms with Crippen LogP contribution in [0.1, 0.15) is 58.4 Å². The number of aliphatic imine (C=N–C) groups is 1. The molecule has 9 nitrogen and oxygen atoms in total. The highest BCUT2D eigenvalue weighted by Gasteiger charge is 2.31. The highest BCUT2D eigenvalue weighted by molar-refractivity contribution is 8.01. The molecule has 1 aromatic heterocycles. The number of para-hydroxylation sites is 2. The summed E-state index contributed by atoms with van der Waals surface area (Å²) >= 11 is 3.06. The van der Waals surface area contributed by atoms with E-state index in [9.17, 15) is 9.59 Å². The Hall–Kier alpha value is -3.57. The highest BCUT2D eigenvalue weighted by Crippen LogP contribution is 2.31. The third-order valence-corrected chi connectivity index (χ3v) is 8.93. The van der Waals surface area contributed by atoms with Crippen molar-refractivity contribution in [3.05, 3.63) is 60.3 Å². The fourth-order valence-electron chi connectivity index (χ4n) is 4.28. The quantitative estimate of drug-likeness (QED) is 0.0964. The number of nitrogen functional groups attached to an aromatic ring is 1. The van der Waals surface area contributed by atoms with Gasteiger partial charge in [-0.3, -0.25) is 14.6 Å². The van der Waals surface area contributed by atoms with E-state index in [1.165, 1.54) is 11.3 Å². The Kier molecular flexibility index (Phi) is 11.9. The van der Waals surface area contributed by atoms with Gasteiger partial charge in [-0.05, 0) is 42.7 Å². The number of hydrogen-bond donors (Lipinski definition) is 3. The van der Waals surface area contributed by atoms with Crippen LogP contribution in [0.3, 0.4) is 0 Å². The molecule has 1 aliphatic heterocycles. The normalized spacial score (nSPS) is 14.6. The van der Waals surface area contributed by atoms with Gasteiger partial charge >= 0.3 is 0 Å². The summed E-state index contributed by atoms with van der Waals surface area (Å²) in [5.41, 5.74) is 8.06. The molecule has 43 heavy (non-hydrogen) atoms. The number of nitrogens with zero attached hydrogens (tertiary/aromatic N) is 2. The van der Waals surface area contributed by atoms with Gasteiger partial charge < -0.3 is 25.8 Å². The van der Waals surface area contributed by atoms with Crippen LogP contribution >= 0.6 is 23.1 Å². The number of rotatable bonds is 15. The third kappa shape index (κ3) is 10.9. The summed E-state index contributed by atoms with van der Waals surface area (Å²) in [5.74, 6) is 2.06. The molecular weight excluding hydrogens is 583 g/mol. The van der Waals surface area contributed by atoms with Gasteiger partial charge in [0.05, 0.1) is 47.1 Å². The molecule has 0 saturated heterocycles. The van der Waals surface area contributed by atoms with Crippen LogP contribution in [0.2, 0.25) is 0 Å². The maximum Gasteiger partial charge on any atom is 0.230 e. The number of carbonyl (C=O) groups excluding carboxylic acids is 2. The van der Waals surface area contributed by atoms with E-state index in [1.54, 1.807) is 30.1 Å². The second kappa shape index (κ2) is 15.8. The number of carbonyl (C=O) groups is 2. The van der Waals surface area contributed by atoms with Crippen molar-refractivity contribution in [2.75, 3.05) is 35.3 Å². The summed E-state index contributed by atoms with van der Waals surface area (Å²) in [6.07, 6.45) is 6.27. The van der Waals surface area contributed by atoms with Crippen LogP contribution in [-0.4, -0.2) is 47.7 Å². The van der Waals surface area contributed by atoms with Crippen molar-refractivity contribution in [1.82, 2.24) is 4.98 Å². The van der Waals surface area contributed by atoms with Crippen LogP contribution in [0.4, 0.5) is 16.5 Å². The molecule has 1 atom stereocenters.